The first kappa shape index (κ1) is 13.6. The van der Waals surface area contributed by atoms with E-state index in [4.69, 9.17) is 4.74 Å². The van der Waals surface area contributed by atoms with Gasteiger partial charge >= 0.3 is 0 Å². The molecule has 2 heteroatoms. The third-order valence-corrected chi connectivity index (χ3v) is 5.18. The number of fused-ring (bicyclic) bond motifs is 3. The lowest BCUT2D eigenvalue weighted by Gasteiger charge is -2.21. The molecular formula is C22H18NO+. The van der Waals surface area contributed by atoms with E-state index in [0.29, 0.717) is 0 Å². The molecule has 0 saturated carbocycles. The van der Waals surface area contributed by atoms with Crippen molar-refractivity contribution in [2.24, 2.45) is 7.05 Å². The highest BCUT2D eigenvalue weighted by Gasteiger charge is 2.30. The van der Waals surface area contributed by atoms with Gasteiger partial charge in [0.2, 0.25) is 5.52 Å². The number of rotatable bonds is 0. The van der Waals surface area contributed by atoms with Crippen LogP contribution in [0.25, 0.3) is 32.9 Å². The monoisotopic (exact) mass is 312 g/mol. The fourth-order valence-corrected chi connectivity index (χ4v) is 3.96. The second-order valence-electron chi connectivity index (χ2n) is 6.64. The van der Waals surface area contributed by atoms with Crippen LogP contribution in [0.15, 0.2) is 54.6 Å². The largest absolute Gasteiger partial charge is 0.450 e. The van der Waals surface area contributed by atoms with E-state index in [1.165, 1.54) is 38.4 Å². The number of hydrogen-bond acceptors (Lipinski definition) is 1. The maximum absolute atomic E-state index is 6.33. The molecule has 0 fully saturated rings. The Balaban J connectivity index is 2.02. The molecule has 0 radical (unpaired) electrons. The number of benzene rings is 3. The van der Waals surface area contributed by atoms with Crippen LogP contribution in [-0.2, 0) is 7.05 Å². The van der Waals surface area contributed by atoms with Crippen molar-refractivity contribution in [1.82, 2.24) is 0 Å². The number of nitrogens with zero attached hydrogens (tertiary/aromatic N) is 1. The van der Waals surface area contributed by atoms with E-state index in [1.54, 1.807) is 0 Å². The van der Waals surface area contributed by atoms with Crippen molar-refractivity contribution >= 4 is 21.7 Å². The molecule has 0 atom stereocenters. The Labute approximate surface area is 140 Å². The summed E-state index contributed by atoms with van der Waals surface area (Å²) >= 11 is 0. The zero-order chi connectivity index (χ0) is 16.4. The Morgan fingerprint density at radius 3 is 2.54 bits per heavy atom. The van der Waals surface area contributed by atoms with Gasteiger partial charge < -0.3 is 4.74 Å². The summed E-state index contributed by atoms with van der Waals surface area (Å²) in [5, 5.41) is 3.68. The van der Waals surface area contributed by atoms with Gasteiger partial charge in [-0.2, -0.15) is 4.57 Å². The van der Waals surface area contributed by atoms with Crippen LogP contribution in [0.2, 0.25) is 0 Å². The molecular weight excluding hydrogens is 294 g/mol. The second kappa shape index (κ2) is 4.57. The van der Waals surface area contributed by atoms with Crippen LogP contribution in [0.4, 0.5) is 0 Å². The van der Waals surface area contributed by atoms with Crippen molar-refractivity contribution in [3.05, 3.63) is 65.7 Å². The maximum Gasteiger partial charge on any atom is 0.256 e. The number of pyridine rings is 1. The molecule has 2 nitrogen and oxygen atoms in total. The summed E-state index contributed by atoms with van der Waals surface area (Å²) in [6, 6.07) is 19.3. The molecule has 0 spiro atoms. The molecule has 3 aromatic carbocycles. The molecule has 5 rings (SSSR count). The van der Waals surface area contributed by atoms with Crippen molar-refractivity contribution in [3.63, 3.8) is 0 Å². The molecule has 0 amide bonds. The first-order valence-electron chi connectivity index (χ1n) is 8.28. The third-order valence-electron chi connectivity index (χ3n) is 5.18. The van der Waals surface area contributed by atoms with E-state index >= 15 is 0 Å². The number of aromatic nitrogens is 1. The molecule has 0 unspecified atom stereocenters. The van der Waals surface area contributed by atoms with Crippen LogP contribution in [0, 0.1) is 13.8 Å². The highest BCUT2D eigenvalue weighted by atomic mass is 16.5. The van der Waals surface area contributed by atoms with Gasteiger partial charge in [-0.15, -0.1) is 0 Å². The summed E-state index contributed by atoms with van der Waals surface area (Å²) in [6.45, 7) is 4.33. The van der Waals surface area contributed by atoms with Crippen molar-refractivity contribution in [2.75, 3.05) is 0 Å². The smallest absolute Gasteiger partial charge is 0.256 e. The first-order chi connectivity index (χ1) is 11.6. The van der Waals surface area contributed by atoms with Crippen molar-refractivity contribution in [2.45, 2.75) is 13.8 Å². The summed E-state index contributed by atoms with van der Waals surface area (Å²) in [5.74, 6) is 1.89. The molecule has 2 heterocycles. The minimum absolute atomic E-state index is 0.939. The quantitative estimate of drug-likeness (QED) is 0.358. The highest BCUT2D eigenvalue weighted by Crippen LogP contribution is 2.47. The van der Waals surface area contributed by atoms with Crippen molar-refractivity contribution in [1.29, 1.82) is 0 Å². The molecule has 116 valence electrons. The predicted octanol–water partition coefficient (Wildman–Crippen LogP) is 5.21. The first-order valence-corrected chi connectivity index (χ1v) is 8.28. The van der Waals surface area contributed by atoms with E-state index in [2.05, 4.69) is 80.1 Å². The van der Waals surface area contributed by atoms with Gasteiger partial charge in [0.05, 0.1) is 10.9 Å². The van der Waals surface area contributed by atoms with Gasteiger partial charge in [-0.3, -0.25) is 0 Å². The molecule has 0 bridgehead atoms. The van der Waals surface area contributed by atoms with Crippen LogP contribution in [0.5, 0.6) is 11.5 Å². The van der Waals surface area contributed by atoms with Gasteiger partial charge in [0.15, 0.2) is 5.75 Å². The zero-order valence-electron chi connectivity index (χ0n) is 14.1. The lowest BCUT2D eigenvalue weighted by molar-refractivity contribution is -0.633. The zero-order valence-corrected chi connectivity index (χ0v) is 14.1. The third kappa shape index (κ3) is 1.63. The summed E-state index contributed by atoms with van der Waals surface area (Å²) in [6.07, 6.45) is 0. The van der Waals surface area contributed by atoms with Crippen LogP contribution < -0.4 is 9.30 Å². The van der Waals surface area contributed by atoms with Gasteiger partial charge in [0.25, 0.3) is 5.69 Å². The minimum Gasteiger partial charge on any atom is -0.450 e. The lowest BCUT2D eigenvalue weighted by atomic mass is 9.93. The fraction of sp³-hybridized carbons (Fsp3) is 0.136. The SMILES string of the molecule is Cc1ccc2cccc3c2c1-c1c(cc2c(C)cccc2[n+]1C)O3. The van der Waals surface area contributed by atoms with E-state index in [0.717, 1.165) is 17.2 Å². The Kier molecular flexibility index (Phi) is 2.58. The van der Waals surface area contributed by atoms with Crippen LogP contribution in [-0.4, -0.2) is 0 Å². The molecule has 1 aliphatic rings. The normalized spacial score (nSPS) is 12.3. The van der Waals surface area contributed by atoms with Crippen LogP contribution in [0.3, 0.4) is 0 Å². The number of aryl methyl sites for hydroxylation is 3. The number of hydrogen-bond donors (Lipinski definition) is 0. The van der Waals surface area contributed by atoms with Gasteiger partial charge in [-0.25, -0.2) is 0 Å². The summed E-state index contributed by atoms with van der Waals surface area (Å²) in [4.78, 5) is 0. The molecule has 24 heavy (non-hydrogen) atoms. The molecule has 1 aliphatic heterocycles. The average Bonchev–Trinajstić information content (AvgIpc) is 2.58. The van der Waals surface area contributed by atoms with Gasteiger partial charge in [0.1, 0.15) is 12.8 Å². The molecule has 0 aliphatic carbocycles. The maximum atomic E-state index is 6.33. The molecule has 0 saturated heterocycles. The van der Waals surface area contributed by atoms with Gasteiger partial charge in [0, 0.05) is 17.5 Å². The Hall–Kier alpha value is -2.87. The fourth-order valence-electron chi connectivity index (χ4n) is 3.96. The Morgan fingerprint density at radius 1 is 0.833 bits per heavy atom. The molecule has 1 aromatic heterocycles. The van der Waals surface area contributed by atoms with Crippen molar-refractivity contribution < 1.29 is 9.30 Å². The van der Waals surface area contributed by atoms with E-state index in [1.807, 2.05) is 0 Å². The summed E-state index contributed by atoms with van der Waals surface area (Å²) in [7, 11) is 2.14. The predicted molar refractivity (Wildman–Crippen MR) is 97.6 cm³/mol. The molecule has 4 aromatic rings. The average molecular weight is 312 g/mol. The van der Waals surface area contributed by atoms with Gasteiger partial charge in [-0.05, 0) is 36.4 Å². The van der Waals surface area contributed by atoms with Gasteiger partial charge in [-0.1, -0.05) is 36.4 Å². The summed E-state index contributed by atoms with van der Waals surface area (Å²) in [5.41, 5.74) is 6.23. The lowest BCUT2D eigenvalue weighted by Crippen LogP contribution is -2.33. The van der Waals surface area contributed by atoms with Crippen molar-refractivity contribution in [3.8, 4) is 22.8 Å². The van der Waals surface area contributed by atoms with Crippen LogP contribution >= 0.6 is 0 Å². The van der Waals surface area contributed by atoms with E-state index < -0.39 is 0 Å². The molecule has 0 N–H and O–H groups in total. The minimum atomic E-state index is 0.939. The highest BCUT2D eigenvalue weighted by molar-refractivity contribution is 6.04. The van der Waals surface area contributed by atoms with E-state index in [-0.39, 0.29) is 0 Å². The standard InChI is InChI=1S/C22H18NO/c1-13-6-4-8-17-16(13)12-19-22(23(17)3)20-14(2)10-11-15-7-5-9-18(24-19)21(15)20/h4-12H,1-3H3/q+1. The Bertz CT molecular complexity index is 1160. The summed E-state index contributed by atoms with van der Waals surface area (Å²) < 4.78 is 8.60. The van der Waals surface area contributed by atoms with E-state index in [9.17, 15) is 0 Å². The topological polar surface area (TPSA) is 13.1 Å². The Morgan fingerprint density at radius 2 is 1.67 bits per heavy atom. The second-order valence-corrected chi connectivity index (χ2v) is 6.64. The van der Waals surface area contributed by atoms with Crippen LogP contribution in [0.1, 0.15) is 11.1 Å². The number of ether oxygens (including phenoxy) is 1.